The Morgan fingerprint density at radius 3 is 1.57 bits per heavy atom. The average molecular weight is 660 g/mol. The van der Waals surface area contributed by atoms with Gasteiger partial charge in [-0.25, -0.2) is 4.39 Å². The maximum atomic E-state index is 16.3. The minimum Gasteiger partial charge on any atom is -0.380 e. The summed E-state index contributed by atoms with van der Waals surface area (Å²) >= 11 is 3.67. The predicted molar refractivity (Wildman–Crippen MR) is 168 cm³/mol. The van der Waals surface area contributed by atoms with Crippen LogP contribution in [-0.2, 0) is 9.47 Å². The summed E-state index contributed by atoms with van der Waals surface area (Å²) in [6, 6.07) is 9.64. The summed E-state index contributed by atoms with van der Waals surface area (Å²) in [5.74, 6) is -2.53. The van der Waals surface area contributed by atoms with E-state index in [9.17, 15) is 19.2 Å². The summed E-state index contributed by atoms with van der Waals surface area (Å²) in [6.45, 7) is 5.59. The third-order valence-corrected chi connectivity index (χ3v) is 9.15. The van der Waals surface area contributed by atoms with Crippen LogP contribution in [0.1, 0.15) is 68.1 Å². The molecular weight excluding hydrogens is 631 g/mol. The van der Waals surface area contributed by atoms with Crippen molar-refractivity contribution < 1.29 is 33.0 Å². The van der Waals surface area contributed by atoms with Crippen LogP contribution in [0, 0.1) is 5.82 Å². The number of carbonyl (C=O) groups is 4. The molecule has 0 saturated carbocycles. The van der Waals surface area contributed by atoms with Crippen molar-refractivity contribution in [2.75, 3.05) is 39.5 Å². The normalized spacial score (nSPS) is 14.9. The molecule has 2 heterocycles. The van der Waals surface area contributed by atoms with Crippen LogP contribution in [0.3, 0.4) is 0 Å². The smallest absolute Gasteiger partial charge is 0.261 e. The molecule has 44 heavy (non-hydrogen) atoms. The predicted octanol–water partition coefficient (Wildman–Crippen LogP) is 6.68. The molecule has 0 fully saturated rings. The number of halogens is 2. The largest absolute Gasteiger partial charge is 0.380 e. The minimum absolute atomic E-state index is 0.0623. The van der Waals surface area contributed by atoms with Crippen LogP contribution in [0.2, 0.25) is 0 Å². The Kier molecular flexibility index (Phi) is 7.10. The van der Waals surface area contributed by atoms with Gasteiger partial charge >= 0.3 is 0 Å². The quantitative estimate of drug-likeness (QED) is 0.0719. The Hall–Kier alpha value is -3.99. The molecule has 10 heteroatoms. The fraction of sp³-hybridized carbons (Fsp3) is 0.294. The van der Waals surface area contributed by atoms with Crippen LogP contribution >= 0.6 is 15.9 Å². The number of fused-ring (bicyclic) bond motifs is 2. The highest BCUT2D eigenvalue weighted by Gasteiger charge is 2.38. The molecule has 0 unspecified atom stereocenters. The van der Waals surface area contributed by atoms with E-state index in [1.807, 2.05) is 13.8 Å². The number of ether oxygens (including phenoxy) is 2. The van der Waals surface area contributed by atoms with Gasteiger partial charge in [-0.05, 0) is 47.9 Å². The molecular formula is C34H28BrFN2O6. The van der Waals surface area contributed by atoms with Crippen molar-refractivity contribution in [1.29, 1.82) is 0 Å². The molecule has 5 aromatic carbocycles. The standard InChI is InChI=1S/C34H28BrFN2O6/c1-3-11-43-13-9-37-31(39)19-8-6-18-28-24(36)16-22-26-20(32(40)38(34(22)42)10-14-44-12-4-2)7-5-17(30(26)28)27-23(35)15-21(33(37)41)25(19)29(18)27/h5-8,15-16H,3-4,9-14H2,1-2H3. The van der Waals surface area contributed by atoms with Crippen molar-refractivity contribution in [3.8, 4) is 0 Å². The molecule has 0 saturated heterocycles. The molecule has 8 nitrogen and oxygen atoms in total. The second-order valence-electron chi connectivity index (χ2n) is 11.1. The van der Waals surface area contributed by atoms with Gasteiger partial charge in [-0.3, -0.25) is 29.0 Å². The van der Waals surface area contributed by atoms with E-state index in [1.165, 1.54) is 11.0 Å². The summed E-state index contributed by atoms with van der Waals surface area (Å²) < 4.78 is 27.9. The van der Waals surface area contributed by atoms with Gasteiger partial charge in [-0.1, -0.05) is 41.9 Å². The highest BCUT2D eigenvalue weighted by Crippen LogP contribution is 2.49. The molecule has 224 valence electrons. The number of hydrogen-bond acceptors (Lipinski definition) is 6. The van der Waals surface area contributed by atoms with Crippen molar-refractivity contribution in [3.05, 3.63) is 68.9 Å². The second kappa shape index (κ2) is 10.9. The topological polar surface area (TPSA) is 93.2 Å². The molecule has 0 N–H and O–H groups in total. The number of imide groups is 2. The second-order valence-corrected chi connectivity index (χ2v) is 12.0. The number of nitrogens with zero attached hydrogens (tertiary/aromatic N) is 2. The first-order valence-corrected chi connectivity index (χ1v) is 15.6. The van der Waals surface area contributed by atoms with Gasteiger partial charge in [0.05, 0.1) is 31.9 Å². The van der Waals surface area contributed by atoms with Gasteiger partial charge in [0.15, 0.2) is 0 Å². The van der Waals surface area contributed by atoms with E-state index < -0.39 is 29.4 Å². The third kappa shape index (κ3) is 4.01. The van der Waals surface area contributed by atoms with Gasteiger partial charge < -0.3 is 9.47 Å². The van der Waals surface area contributed by atoms with Crippen LogP contribution in [0.4, 0.5) is 4.39 Å². The molecule has 2 aliphatic heterocycles. The van der Waals surface area contributed by atoms with Crippen LogP contribution in [0.25, 0.3) is 43.1 Å². The molecule has 0 bridgehead atoms. The fourth-order valence-electron chi connectivity index (χ4n) is 6.68. The van der Waals surface area contributed by atoms with E-state index >= 15 is 4.39 Å². The molecule has 0 atom stereocenters. The number of benzene rings is 5. The molecule has 7 rings (SSSR count). The van der Waals surface area contributed by atoms with Crippen LogP contribution < -0.4 is 0 Å². The molecule has 2 aliphatic rings. The van der Waals surface area contributed by atoms with E-state index in [1.54, 1.807) is 30.3 Å². The SMILES string of the molecule is CCCOCCN1C(=O)c2ccc3c4c(Br)cc5c6c(ccc(c7c(F)cc(c2c37)C1=O)c64)C(=O)N(CCOCCC)C5=O. The first-order valence-electron chi connectivity index (χ1n) is 14.8. The average Bonchev–Trinajstić information content (AvgIpc) is 3.01. The van der Waals surface area contributed by atoms with E-state index in [0.29, 0.717) is 72.1 Å². The maximum Gasteiger partial charge on any atom is 0.261 e. The van der Waals surface area contributed by atoms with E-state index in [0.717, 1.165) is 17.7 Å². The van der Waals surface area contributed by atoms with Crippen molar-refractivity contribution in [1.82, 2.24) is 9.80 Å². The van der Waals surface area contributed by atoms with Gasteiger partial charge in [0.1, 0.15) is 5.82 Å². The summed E-state index contributed by atoms with van der Waals surface area (Å²) in [5, 5.41) is 3.91. The van der Waals surface area contributed by atoms with Crippen LogP contribution in [0.15, 0.2) is 40.9 Å². The van der Waals surface area contributed by atoms with Gasteiger partial charge in [0, 0.05) is 66.7 Å². The molecule has 0 radical (unpaired) electrons. The van der Waals surface area contributed by atoms with Crippen molar-refractivity contribution in [3.63, 3.8) is 0 Å². The number of rotatable bonds is 10. The molecule has 0 spiro atoms. The zero-order valence-corrected chi connectivity index (χ0v) is 25.8. The summed E-state index contributed by atoms with van der Waals surface area (Å²) in [5.41, 5.74) is 1.11. The van der Waals surface area contributed by atoms with Gasteiger partial charge in [0.2, 0.25) is 0 Å². The molecule has 0 aliphatic carbocycles. The van der Waals surface area contributed by atoms with E-state index in [-0.39, 0.29) is 37.3 Å². The first-order chi connectivity index (χ1) is 21.3. The van der Waals surface area contributed by atoms with Crippen molar-refractivity contribution in [2.24, 2.45) is 0 Å². The summed E-state index contributed by atoms with van der Waals surface area (Å²) in [6.07, 6.45) is 1.63. The fourth-order valence-corrected chi connectivity index (χ4v) is 7.32. The minimum atomic E-state index is -0.624. The Morgan fingerprint density at radius 2 is 1.05 bits per heavy atom. The number of amides is 4. The van der Waals surface area contributed by atoms with E-state index in [4.69, 9.17) is 9.47 Å². The van der Waals surface area contributed by atoms with Crippen LogP contribution in [-0.4, -0.2) is 72.9 Å². The third-order valence-electron chi connectivity index (χ3n) is 8.53. The van der Waals surface area contributed by atoms with Crippen molar-refractivity contribution >= 4 is 82.6 Å². The highest BCUT2D eigenvalue weighted by molar-refractivity contribution is 9.10. The van der Waals surface area contributed by atoms with Gasteiger partial charge in [-0.15, -0.1) is 0 Å². The molecule has 0 aromatic heterocycles. The van der Waals surface area contributed by atoms with E-state index in [2.05, 4.69) is 15.9 Å². The Bertz CT molecular complexity index is 1930. The zero-order chi connectivity index (χ0) is 30.9. The Balaban J connectivity index is 1.46. The Morgan fingerprint density at radius 1 is 0.591 bits per heavy atom. The van der Waals surface area contributed by atoms with Crippen molar-refractivity contribution in [2.45, 2.75) is 26.7 Å². The summed E-state index contributed by atoms with van der Waals surface area (Å²) in [4.78, 5) is 56.8. The Labute approximate surface area is 260 Å². The summed E-state index contributed by atoms with van der Waals surface area (Å²) in [7, 11) is 0. The number of hydrogen-bond donors (Lipinski definition) is 0. The molecule has 5 aromatic rings. The van der Waals surface area contributed by atoms with Gasteiger partial charge in [-0.2, -0.15) is 0 Å². The maximum absolute atomic E-state index is 16.3. The monoisotopic (exact) mass is 658 g/mol. The zero-order valence-electron chi connectivity index (χ0n) is 24.2. The van der Waals surface area contributed by atoms with Gasteiger partial charge in [0.25, 0.3) is 23.6 Å². The lowest BCUT2D eigenvalue weighted by molar-refractivity contribution is 0.0511. The van der Waals surface area contributed by atoms with Crippen LogP contribution in [0.5, 0.6) is 0 Å². The number of carbonyl (C=O) groups excluding carboxylic acids is 4. The highest BCUT2D eigenvalue weighted by atomic mass is 79.9. The molecule has 4 amide bonds. The lowest BCUT2D eigenvalue weighted by Gasteiger charge is -2.30. The lowest BCUT2D eigenvalue weighted by Crippen LogP contribution is -2.42. The lowest BCUT2D eigenvalue weighted by atomic mass is 9.82. The first kappa shape index (κ1) is 28.8.